The van der Waals surface area contributed by atoms with Crippen LogP contribution in [-0.4, -0.2) is 59.3 Å². The van der Waals surface area contributed by atoms with E-state index in [0.717, 1.165) is 25.9 Å². The Labute approximate surface area is 141 Å². The van der Waals surface area contributed by atoms with Crippen LogP contribution in [0, 0.1) is 0 Å². The molecule has 1 aromatic rings. The second-order valence-electron chi connectivity index (χ2n) is 4.82. The summed E-state index contributed by atoms with van der Waals surface area (Å²) in [6, 6.07) is 10.3. The van der Waals surface area contributed by atoms with Gasteiger partial charge < -0.3 is 19.8 Å². The van der Waals surface area contributed by atoms with E-state index in [1.54, 1.807) is 4.90 Å². The minimum Gasteiger partial charge on any atom is -0.473 e. The number of carbonyl (C=O) groups is 3. The van der Waals surface area contributed by atoms with Crippen LogP contribution in [0.3, 0.4) is 0 Å². The number of carboxylic acids is 2. The Balaban J connectivity index is 0.000000754. The molecule has 24 heavy (non-hydrogen) atoms. The van der Waals surface area contributed by atoms with Gasteiger partial charge in [0.1, 0.15) is 6.61 Å². The lowest BCUT2D eigenvalue weighted by Gasteiger charge is -2.18. The summed E-state index contributed by atoms with van der Waals surface area (Å²) >= 11 is 0. The summed E-state index contributed by atoms with van der Waals surface area (Å²) in [6.45, 7) is 6.32. The number of likely N-dealkylation sites (N-methyl/N-ethyl adjacent to an activating group) is 1. The molecule has 1 aromatic carbocycles. The Hall–Kier alpha value is -2.41. The first-order valence-electron chi connectivity index (χ1n) is 7.78. The van der Waals surface area contributed by atoms with Crippen molar-refractivity contribution in [2.75, 3.05) is 26.3 Å². The standard InChI is InChI=1S/C15H23NO2.C2H2O4/c1-3-16(4-2)15(17)13-18-12-8-11-14-9-6-5-7-10-14;3-1(4)2(5)6/h5-7,9-10H,3-4,8,11-13H2,1-2H3;(H,3,4)(H,5,6). The third kappa shape index (κ3) is 10.3. The van der Waals surface area contributed by atoms with Gasteiger partial charge in [-0.05, 0) is 32.3 Å². The first-order chi connectivity index (χ1) is 11.4. The topological polar surface area (TPSA) is 104 Å². The lowest BCUT2D eigenvalue weighted by atomic mass is 10.1. The summed E-state index contributed by atoms with van der Waals surface area (Å²) in [4.78, 5) is 31.6. The van der Waals surface area contributed by atoms with E-state index in [9.17, 15) is 4.79 Å². The number of benzene rings is 1. The van der Waals surface area contributed by atoms with E-state index in [1.807, 2.05) is 32.0 Å². The minimum atomic E-state index is -1.82. The highest BCUT2D eigenvalue weighted by atomic mass is 16.5. The van der Waals surface area contributed by atoms with Crippen molar-refractivity contribution < 1.29 is 29.3 Å². The highest BCUT2D eigenvalue weighted by Gasteiger charge is 2.08. The van der Waals surface area contributed by atoms with Crippen molar-refractivity contribution >= 4 is 17.8 Å². The average molecular weight is 339 g/mol. The number of amides is 1. The molecule has 0 saturated carbocycles. The lowest BCUT2D eigenvalue weighted by molar-refractivity contribution is -0.159. The molecule has 134 valence electrons. The molecule has 0 heterocycles. The van der Waals surface area contributed by atoms with Crippen LogP contribution in [-0.2, 0) is 25.5 Å². The molecule has 0 aliphatic rings. The highest BCUT2D eigenvalue weighted by Crippen LogP contribution is 2.02. The molecule has 0 unspecified atom stereocenters. The maximum absolute atomic E-state index is 11.6. The fourth-order valence-corrected chi connectivity index (χ4v) is 1.85. The van der Waals surface area contributed by atoms with Crippen molar-refractivity contribution in [3.63, 3.8) is 0 Å². The van der Waals surface area contributed by atoms with Crippen LogP contribution in [0.15, 0.2) is 30.3 Å². The molecule has 0 fully saturated rings. The first kappa shape index (κ1) is 21.6. The molecule has 0 aliphatic heterocycles. The van der Waals surface area contributed by atoms with E-state index in [-0.39, 0.29) is 12.5 Å². The monoisotopic (exact) mass is 339 g/mol. The van der Waals surface area contributed by atoms with Crippen molar-refractivity contribution in [3.8, 4) is 0 Å². The van der Waals surface area contributed by atoms with Crippen LogP contribution in [0.4, 0.5) is 0 Å². The fraction of sp³-hybridized carbons (Fsp3) is 0.471. The van der Waals surface area contributed by atoms with Crippen LogP contribution >= 0.6 is 0 Å². The van der Waals surface area contributed by atoms with E-state index >= 15 is 0 Å². The zero-order valence-electron chi connectivity index (χ0n) is 14.1. The largest absolute Gasteiger partial charge is 0.473 e. The molecule has 1 amide bonds. The number of aryl methyl sites for hydroxylation is 1. The van der Waals surface area contributed by atoms with Gasteiger partial charge in [-0.2, -0.15) is 0 Å². The van der Waals surface area contributed by atoms with Crippen LogP contribution in [0.2, 0.25) is 0 Å². The van der Waals surface area contributed by atoms with Gasteiger partial charge in [-0.15, -0.1) is 0 Å². The Morgan fingerprint density at radius 2 is 1.54 bits per heavy atom. The van der Waals surface area contributed by atoms with Gasteiger partial charge in [-0.3, -0.25) is 4.79 Å². The molecule has 0 saturated heterocycles. The number of nitrogens with zero attached hydrogens (tertiary/aromatic N) is 1. The zero-order valence-corrected chi connectivity index (χ0v) is 14.1. The van der Waals surface area contributed by atoms with Gasteiger partial charge >= 0.3 is 11.9 Å². The molecule has 1 rings (SSSR count). The summed E-state index contributed by atoms with van der Waals surface area (Å²) in [7, 11) is 0. The SMILES string of the molecule is CCN(CC)C(=O)COCCCc1ccccc1.O=C(O)C(=O)O. The molecule has 0 spiro atoms. The molecule has 2 N–H and O–H groups in total. The molecule has 0 aromatic heterocycles. The molecule has 7 nitrogen and oxygen atoms in total. The molecular formula is C17H25NO6. The Morgan fingerprint density at radius 3 is 2.00 bits per heavy atom. The first-order valence-corrected chi connectivity index (χ1v) is 7.78. The Bertz CT molecular complexity index is 487. The number of hydrogen-bond donors (Lipinski definition) is 2. The fourth-order valence-electron chi connectivity index (χ4n) is 1.85. The smallest absolute Gasteiger partial charge is 0.414 e. The quantitative estimate of drug-likeness (QED) is 0.551. The predicted molar refractivity (Wildman–Crippen MR) is 88.8 cm³/mol. The summed E-state index contributed by atoms with van der Waals surface area (Å²) < 4.78 is 5.41. The summed E-state index contributed by atoms with van der Waals surface area (Å²) in [6.07, 6.45) is 1.95. The van der Waals surface area contributed by atoms with Crippen molar-refractivity contribution in [2.45, 2.75) is 26.7 Å². The van der Waals surface area contributed by atoms with Crippen molar-refractivity contribution in [1.29, 1.82) is 0 Å². The van der Waals surface area contributed by atoms with Crippen LogP contribution in [0.5, 0.6) is 0 Å². The second kappa shape index (κ2) is 13.1. The normalized spacial score (nSPS) is 9.58. The zero-order chi connectivity index (χ0) is 18.4. The van der Waals surface area contributed by atoms with Gasteiger partial charge in [0.2, 0.25) is 5.91 Å². The Kier molecular flexibility index (Phi) is 11.8. The number of carbonyl (C=O) groups excluding carboxylic acids is 1. The maximum atomic E-state index is 11.6. The summed E-state index contributed by atoms with van der Waals surface area (Å²) in [5, 5.41) is 14.8. The Morgan fingerprint density at radius 1 is 1.00 bits per heavy atom. The van der Waals surface area contributed by atoms with Gasteiger partial charge in [0.15, 0.2) is 0 Å². The van der Waals surface area contributed by atoms with E-state index < -0.39 is 11.9 Å². The van der Waals surface area contributed by atoms with Crippen molar-refractivity contribution in [1.82, 2.24) is 4.90 Å². The average Bonchev–Trinajstić information content (AvgIpc) is 2.57. The number of ether oxygens (including phenoxy) is 1. The number of hydrogen-bond acceptors (Lipinski definition) is 4. The van der Waals surface area contributed by atoms with Crippen LogP contribution in [0.1, 0.15) is 25.8 Å². The van der Waals surface area contributed by atoms with Gasteiger partial charge in [0, 0.05) is 19.7 Å². The van der Waals surface area contributed by atoms with Crippen LogP contribution < -0.4 is 0 Å². The van der Waals surface area contributed by atoms with Crippen molar-refractivity contribution in [2.24, 2.45) is 0 Å². The number of aliphatic carboxylic acids is 2. The molecule has 0 bridgehead atoms. The number of rotatable bonds is 8. The summed E-state index contributed by atoms with van der Waals surface area (Å²) in [5.74, 6) is -3.57. The van der Waals surface area contributed by atoms with E-state index in [4.69, 9.17) is 24.5 Å². The minimum absolute atomic E-state index is 0.0831. The molecule has 7 heteroatoms. The lowest BCUT2D eigenvalue weighted by Crippen LogP contribution is -2.33. The molecule has 0 atom stereocenters. The predicted octanol–water partition coefficient (Wildman–Crippen LogP) is 1.66. The van der Waals surface area contributed by atoms with Crippen molar-refractivity contribution in [3.05, 3.63) is 35.9 Å². The third-order valence-electron chi connectivity index (χ3n) is 3.12. The van der Waals surface area contributed by atoms with Gasteiger partial charge in [-0.1, -0.05) is 30.3 Å². The maximum Gasteiger partial charge on any atom is 0.414 e. The van der Waals surface area contributed by atoms with E-state index in [0.29, 0.717) is 6.61 Å². The third-order valence-corrected chi connectivity index (χ3v) is 3.12. The van der Waals surface area contributed by atoms with E-state index in [2.05, 4.69) is 12.1 Å². The molecular weight excluding hydrogens is 314 g/mol. The highest BCUT2D eigenvalue weighted by molar-refractivity contribution is 6.27. The second-order valence-corrected chi connectivity index (χ2v) is 4.82. The number of carboxylic acid groups (broad SMARTS) is 2. The van der Waals surface area contributed by atoms with E-state index in [1.165, 1.54) is 5.56 Å². The molecule has 0 aliphatic carbocycles. The van der Waals surface area contributed by atoms with Gasteiger partial charge in [0.05, 0.1) is 0 Å². The van der Waals surface area contributed by atoms with Gasteiger partial charge in [-0.25, -0.2) is 9.59 Å². The molecule has 0 radical (unpaired) electrons. The summed E-state index contributed by atoms with van der Waals surface area (Å²) in [5.41, 5.74) is 1.32. The van der Waals surface area contributed by atoms with Gasteiger partial charge in [0.25, 0.3) is 0 Å². The van der Waals surface area contributed by atoms with Crippen LogP contribution in [0.25, 0.3) is 0 Å².